The molecule has 0 bridgehead atoms. The van der Waals surface area contributed by atoms with Crippen LogP contribution in [0.1, 0.15) is 35.1 Å². The van der Waals surface area contributed by atoms with E-state index < -0.39 is 11.4 Å². The van der Waals surface area contributed by atoms with Crippen LogP contribution in [-0.2, 0) is 23.1 Å². The molecule has 110 valence electrons. The first-order valence-electron chi connectivity index (χ1n) is 7.47. The van der Waals surface area contributed by atoms with E-state index in [1.165, 1.54) is 0 Å². The van der Waals surface area contributed by atoms with Crippen LogP contribution in [0.15, 0.2) is 48.5 Å². The fraction of sp³-hybridized carbons (Fsp3) is 0.263. The molecule has 3 rings (SSSR count). The van der Waals surface area contributed by atoms with Crippen molar-refractivity contribution < 1.29 is 9.90 Å². The number of aryl methyl sites for hydroxylation is 2. The van der Waals surface area contributed by atoms with Gasteiger partial charge in [0.15, 0.2) is 0 Å². The Bertz CT molecular complexity index is 711. The second-order valence-corrected chi connectivity index (χ2v) is 5.73. The SMILES string of the molecule is N#CC1(CCC(=O)O)c2ccccc2CCc2ccccc21. The summed E-state index contributed by atoms with van der Waals surface area (Å²) in [4.78, 5) is 11.1. The highest BCUT2D eigenvalue weighted by Gasteiger charge is 2.39. The van der Waals surface area contributed by atoms with Crippen molar-refractivity contribution >= 4 is 5.97 Å². The number of rotatable bonds is 3. The zero-order valence-corrected chi connectivity index (χ0v) is 12.2. The second kappa shape index (κ2) is 5.65. The molecule has 1 N–H and O–H groups in total. The van der Waals surface area contributed by atoms with Gasteiger partial charge in [-0.05, 0) is 41.5 Å². The van der Waals surface area contributed by atoms with Crippen molar-refractivity contribution in [3.8, 4) is 6.07 Å². The largest absolute Gasteiger partial charge is 0.481 e. The zero-order valence-electron chi connectivity index (χ0n) is 12.2. The number of aliphatic carboxylic acids is 1. The molecule has 0 aromatic heterocycles. The third-order valence-corrected chi connectivity index (χ3v) is 4.52. The summed E-state index contributed by atoms with van der Waals surface area (Å²) in [5, 5.41) is 19.1. The quantitative estimate of drug-likeness (QED) is 0.942. The Labute approximate surface area is 129 Å². The van der Waals surface area contributed by atoms with Gasteiger partial charge in [-0.25, -0.2) is 0 Å². The van der Waals surface area contributed by atoms with E-state index in [-0.39, 0.29) is 6.42 Å². The second-order valence-electron chi connectivity index (χ2n) is 5.73. The Balaban J connectivity index is 2.25. The predicted molar refractivity (Wildman–Crippen MR) is 83.6 cm³/mol. The summed E-state index contributed by atoms with van der Waals surface area (Å²) in [7, 11) is 0. The van der Waals surface area contributed by atoms with Gasteiger partial charge in [0, 0.05) is 6.42 Å². The van der Waals surface area contributed by atoms with Crippen LogP contribution in [0, 0.1) is 11.3 Å². The molecule has 2 aromatic carbocycles. The lowest BCUT2D eigenvalue weighted by Gasteiger charge is -2.29. The summed E-state index contributed by atoms with van der Waals surface area (Å²) in [5.41, 5.74) is 3.34. The van der Waals surface area contributed by atoms with Gasteiger partial charge in [-0.1, -0.05) is 48.5 Å². The monoisotopic (exact) mass is 291 g/mol. The van der Waals surface area contributed by atoms with Crippen molar-refractivity contribution in [3.05, 3.63) is 70.8 Å². The van der Waals surface area contributed by atoms with Gasteiger partial charge in [0.2, 0.25) is 0 Å². The molecule has 0 amide bonds. The van der Waals surface area contributed by atoms with E-state index >= 15 is 0 Å². The number of carboxylic acids is 1. The first kappa shape index (κ1) is 14.3. The Morgan fingerprint density at radius 3 is 2.00 bits per heavy atom. The average molecular weight is 291 g/mol. The van der Waals surface area contributed by atoms with Crippen LogP contribution >= 0.6 is 0 Å². The van der Waals surface area contributed by atoms with Crippen LogP contribution in [0.4, 0.5) is 0 Å². The minimum Gasteiger partial charge on any atom is -0.481 e. The molecule has 0 atom stereocenters. The molecule has 0 fully saturated rings. The summed E-state index contributed by atoms with van der Waals surface area (Å²) >= 11 is 0. The van der Waals surface area contributed by atoms with Crippen LogP contribution in [-0.4, -0.2) is 11.1 Å². The van der Waals surface area contributed by atoms with Crippen LogP contribution in [0.5, 0.6) is 0 Å². The number of hydrogen-bond acceptors (Lipinski definition) is 2. The van der Waals surface area contributed by atoms with E-state index in [0.29, 0.717) is 6.42 Å². The topological polar surface area (TPSA) is 61.1 Å². The van der Waals surface area contributed by atoms with Crippen molar-refractivity contribution in [3.63, 3.8) is 0 Å². The number of nitriles is 1. The molecule has 22 heavy (non-hydrogen) atoms. The number of fused-ring (bicyclic) bond motifs is 2. The van der Waals surface area contributed by atoms with Gasteiger partial charge in [0.25, 0.3) is 0 Å². The Morgan fingerprint density at radius 2 is 1.55 bits per heavy atom. The Kier molecular flexibility index (Phi) is 3.68. The molecule has 0 heterocycles. The average Bonchev–Trinajstić information content (AvgIpc) is 2.68. The van der Waals surface area contributed by atoms with Crippen molar-refractivity contribution in [1.29, 1.82) is 5.26 Å². The first-order chi connectivity index (χ1) is 10.7. The van der Waals surface area contributed by atoms with E-state index in [2.05, 4.69) is 6.07 Å². The van der Waals surface area contributed by atoms with E-state index in [0.717, 1.165) is 35.1 Å². The lowest BCUT2D eigenvalue weighted by Crippen LogP contribution is -2.28. The molecular weight excluding hydrogens is 274 g/mol. The van der Waals surface area contributed by atoms with Crippen LogP contribution in [0.25, 0.3) is 0 Å². The zero-order chi connectivity index (χ0) is 15.6. The fourth-order valence-corrected chi connectivity index (χ4v) is 3.46. The van der Waals surface area contributed by atoms with Gasteiger partial charge < -0.3 is 5.11 Å². The van der Waals surface area contributed by atoms with E-state index in [4.69, 9.17) is 5.11 Å². The summed E-state index contributed by atoms with van der Waals surface area (Å²) in [6.07, 6.45) is 2.04. The van der Waals surface area contributed by atoms with Gasteiger partial charge in [-0.15, -0.1) is 0 Å². The van der Waals surface area contributed by atoms with E-state index in [9.17, 15) is 10.1 Å². The number of nitrogens with zero attached hydrogens (tertiary/aromatic N) is 1. The summed E-state index contributed by atoms with van der Waals surface area (Å²) in [6.45, 7) is 0. The standard InChI is InChI=1S/C19H17NO2/c20-13-19(12-11-18(21)22)16-7-3-1-5-14(16)9-10-15-6-2-4-8-17(15)19/h1-8H,9-12H2,(H,21,22). The first-order valence-corrected chi connectivity index (χ1v) is 7.47. The number of hydrogen-bond donors (Lipinski definition) is 1. The molecule has 3 heteroatoms. The number of benzene rings is 2. The highest BCUT2D eigenvalue weighted by Crippen LogP contribution is 2.42. The lowest BCUT2D eigenvalue weighted by molar-refractivity contribution is -0.137. The molecule has 0 spiro atoms. The number of carbonyl (C=O) groups is 1. The molecule has 2 aromatic rings. The molecule has 1 aliphatic rings. The minimum atomic E-state index is -0.873. The van der Waals surface area contributed by atoms with Crippen molar-refractivity contribution in [2.24, 2.45) is 0 Å². The molecular formula is C19H17NO2. The van der Waals surface area contributed by atoms with Crippen molar-refractivity contribution in [2.75, 3.05) is 0 Å². The van der Waals surface area contributed by atoms with Crippen LogP contribution in [0.2, 0.25) is 0 Å². The van der Waals surface area contributed by atoms with Gasteiger partial charge in [-0.2, -0.15) is 5.26 Å². The fourth-order valence-electron chi connectivity index (χ4n) is 3.46. The van der Waals surface area contributed by atoms with Crippen LogP contribution in [0.3, 0.4) is 0 Å². The maximum atomic E-state index is 11.1. The molecule has 3 nitrogen and oxygen atoms in total. The maximum absolute atomic E-state index is 11.1. The molecule has 0 radical (unpaired) electrons. The number of carboxylic acid groups (broad SMARTS) is 1. The van der Waals surface area contributed by atoms with E-state index in [1.54, 1.807) is 0 Å². The Morgan fingerprint density at radius 1 is 1.05 bits per heavy atom. The van der Waals surface area contributed by atoms with Gasteiger partial charge in [-0.3, -0.25) is 4.79 Å². The smallest absolute Gasteiger partial charge is 0.303 e. The minimum absolute atomic E-state index is 0.0176. The molecule has 0 saturated carbocycles. The van der Waals surface area contributed by atoms with Gasteiger partial charge in [0.1, 0.15) is 5.41 Å². The van der Waals surface area contributed by atoms with Crippen molar-refractivity contribution in [1.82, 2.24) is 0 Å². The summed E-state index contributed by atoms with van der Waals surface area (Å²) < 4.78 is 0. The molecule has 0 aliphatic heterocycles. The predicted octanol–water partition coefficient (Wildman–Crippen LogP) is 3.46. The maximum Gasteiger partial charge on any atom is 0.303 e. The highest BCUT2D eigenvalue weighted by molar-refractivity contribution is 5.68. The molecule has 0 unspecified atom stereocenters. The van der Waals surface area contributed by atoms with E-state index in [1.807, 2.05) is 48.5 Å². The lowest BCUT2D eigenvalue weighted by atomic mass is 9.70. The van der Waals surface area contributed by atoms with Crippen molar-refractivity contribution in [2.45, 2.75) is 31.1 Å². The van der Waals surface area contributed by atoms with Crippen LogP contribution < -0.4 is 0 Å². The third-order valence-electron chi connectivity index (χ3n) is 4.52. The highest BCUT2D eigenvalue weighted by atomic mass is 16.4. The summed E-state index contributed by atoms with van der Waals surface area (Å²) in [5.74, 6) is -0.867. The summed E-state index contributed by atoms with van der Waals surface area (Å²) in [6, 6.07) is 18.3. The van der Waals surface area contributed by atoms with Gasteiger partial charge >= 0.3 is 5.97 Å². The molecule has 1 aliphatic carbocycles. The third kappa shape index (κ3) is 2.27. The van der Waals surface area contributed by atoms with Gasteiger partial charge in [0.05, 0.1) is 6.07 Å². The molecule has 0 saturated heterocycles. The Hall–Kier alpha value is -2.60. The normalized spacial score (nSPS) is 15.0.